The van der Waals surface area contributed by atoms with Gasteiger partial charge in [-0.3, -0.25) is 14.3 Å². The molecule has 1 aromatic carbocycles. The van der Waals surface area contributed by atoms with Gasteiger partial charge < -0.3 is 25.2 Å². The van der Waals surface area contributed by atoms with Crippen molar-refractivity contribution in [3.05, 3.63) is 40.9 Å². The molecular weight excluding hydrogens is 505 g/mol. The van der Waals surface area contributed by atoms with Crippen LogP contribution in [0.25, 0.3) is 0 Å². The number of nitrogens with zero attached hydrogens (tertiary/aromatic N) is 3. The molecular formula is C23H28ClF3N4O5. The zero-order valence-corrected chi connectivity index (χ0v) is 20.5. The number of amides is 1. The summed E-state index contributed by atoms with van der Waals surface area (Å²) in [7, 11) is 0. The summed E-state index contributed by atoms with van der Waals surface area (Å²) in [6, 6.07) is 3.87. The van der Waals surface area contributed by atoms with Gasteiger partial charge in [0.05, 0.1) is 30.1 Å². The van der Waals surface area contributed by atoms with Crippen LogP contribution in [0.4, 0.5) is 18.9 Å². The Morgan fingerprint density at radius 1 is 1.28 bits per heavy atom. The number of anilines is 1. The van der Waals surface area contributed by atoms with Crippen LogP contribution in [0.2, 0.25) is 5.02 Å². The highest BCUT2D eigenvalue weighted by Gasteiger charge is 2.46. The monoisotopic (exact) mass is 532 g/mol. The minimum Gasteiger partial charge on any atom is -0.481 e. The number of alkyl halides is 2. The van der Waals surface area contributed by atoms with Gasteiger partial charge in [-0.15, -0.1) is 0 Å². The third-order valence-corrected chi connectivity index (χ3v) is 6.51. The van der Waals surface area contributed by atoms with Gasteiger partial charge in [-0.05, 0) is 30.9 Å². The number of rotatable bonds is 10. The van der Waals surface area contributed by atoms with Crippen molar-refractivity contribution in [3.8, 4) is 5.75 Å². The van der Waals surface area contributed by atoms with Crippen molar-refractivity contribution in [2.75, 3.05) is 31.6 Å². The topological polar surface area (TPSA) is 117 Å². The molecule has 1 saturated heterocycles. The van der Waals surface area contributed by atoms with Crippen molar-refractivity contribution in [2.45, 2.75) is 44.8 Å². The van der Waals surface area contributed by atoms with E-state index in [2.05, 4.69) is 15.2 Å². The molecule has 0 radical (unpaired) electrons. The Morgan fingerprint density at radius 3 is 2.50 bits per heavy atom. The first-order chi connectivity index (χ1) is 17.0. The second kappa shape index (κ2) is 11.5. The summed E-state index contributed by atoms with van der Waals surface area (Å²) in [6.45, 7) is 0.375. The van der Waals surface area contributed by atoms with E-state index in [1.54, 1.807) is 18.7 Å². The molecule has 0 spiro atoms. The van der Waals surface area contributed by atoms with E-state index in [9.17, 15) is 33.0 Å². The Kier molecular flexibility index (Phi) is 8.85. The number of ether oxygens (including phenoxy) is 1. The number of halogens is 4. The number of hydrogen-bond donors (Lipinski definition) is 3. The highest BCUT2D eigenvalue weighted by molar-refractivity contribution is 6.30. The minimum atomic E-state index is -3.15. The number of hydrogen-bond acceptors (Lipinski definition) is 6. The molecule has 1 fully saturated rings. The molecule has 2 heterocycles. The number of carbonyl (C=O) groups excluding carboxylic acids is 1. The number of aromatic nitrogens is 2. The number of carboxylic acid groups (broad SMARTS) is 1. The van der Waals surface area contributed by atoms with E-state index in [1.807, 2.05) is 0 Å². The third-order valence-electron chi connectivity index (χ3n) is 6.27. The van der Waals surface area contributed by atoms with Crippen LogP contribution in [-0.4, -0.2) is 69.6 Å². The summed E-state index contributed by atoms with van der Waals surface area (Å²) in [5.41, 5.74) is -1.24. The molecule has 9 nitrogen and oxygen atoms in total. The lowest BCUT2D eigenvalue weighted by molar-refractivity contribution is -0.144. The average Bonchev–Trinajstić information content (AvgIpc) is 3.21. The Balaban J connectivity index is 1.96. The van der Waals surface area contributed by atoms with Crippen LogP contribution in [0.5, 0.6) is 5.75 Å². The van der Waals surface area contributed by atoms with Crippen LogP contribution in [0.3, 0.4) is 0 Å². The van der Waals surface area contributed by atoms with Crippen molar-refractivity contribution in [3.63, 3.8) is 0 Å². The minimum absolute atomic E-state index is 0.0450. The number of nitrogens with one attached hydrogen (secondary N) is 1. The molecule has 0 aliphatic carbocycles. The van der Waals surface area contributed by atoms with Gasteiger partial charge in [0.2, 0.25) is 0 Å². The quantitative estimate of drug-likeness (QED) is 0.428. The molecule has 13 heteroatoms. The van der Waals surface area contributed by atoms with Gasteiger partial charge in [-0.1, -0.05) is 25.4 Å². The maximum atomic E-state index is 14.7. The van der Waals surface area contributed by atoms with Crippen LogP contribution in [-0.2, 0) is 15.1 Å². The number of aliphatic hydroxyl groups excluding tert-OH is 1. The van der Waals surface area contributed by atoms with Gasteiger partial charge in [0, 0.05) is 30.7 Å². The molecule has 1 aromatic heterocycles. The van der Waals surface area contributed by atoms with Gasteiger partial charge in [-0.25, -0.2) is 4.39 Å². The van der Waals surface area contributed by atoms with Crippen molar-refractivity contribution >= 4 is 29.2 Å². The van der Waals surface area contributed by atoms with E-state index in [1.165, 1.54) is 16.8 Å². The summed E-state index contributed by atoms with van der Waals surface area (Å²) < 4.78 is 46.4. The van der Waals surface area contributed by atoms with Gasteiger partial charge >= 0.3 is 12.6 Å². The molecule has 1 aliphatic heterocycles. The lowest BCUT2D eigenvalue weighted by Gasteiger charge is -2.42. The molecule has 1 amide bonds. The number of piperidine rings is 1. The van der Waals surface area contributed by atoms with E-state index < -0.39 is 42.4 Å². The van der Waals surface area contributed by atoms with Crippen molar-refractivity contribution < 1.29 is 37.7 Å². The predicted molar refractivity (Wildman–Crippen MR) is 125 cm³/mol. The molecule has 2 aromatic rings. The lowest BCUT2D eigenvalue weighted by atomic mass is 9.85. The molecule has 0 saturated carbocycles. The van der Waals surface area contributed by atoms with Crippen molar-refractivity contribution in [2.24, 2.45) is 5.92 Å². The fourth-order valence-corrected chi connectivity index (χ4v) is 4.56. The molecule has 0 unspecified atom stereocenters. The highest BCUT2D eigenvalue weighted by atomic mass is 35.5. The largest absolute Gasteiger partial charge is 0.481 e. The lowest BCUT2D eigenvalue weighted by Crippen LogP contribution is -2.55. The summed E-state index contributed by atoms with van der Waals surface area (Å²) in [4.78, 5) is 26.9. The van der Waals surface area contributed by atoms with E-state index in [4.69, 9.17) is 11.6 Å². The molecule has 3 rings (SSSR count). The van der Waals surface area contributed by atoms with Crippen molar-refractivity contribution in [1.82, 2.24) is 14.7 Å². The first kappa shape index (κ1) is 27.8. The zero-order valence-electron chi connectivity index (χ0n) is 19.8. The second-order valence-corrected chi connectivity index (χ2v) is 9.40. The molecule has 36 heavy (non-hydrogen) atoms. The Labute approximate surface area is 210 Å². The average molecular weight is 533 g/mol. The van der Waals surface area contributed by atoms with E-state index in [-0.39, 0.29) is 60.5 Å². The molecule has 0 bridgehead atoms. The van der Waals surface area contributed by atoms with Crippen LogP contribution in [0.1, 0.15) is 38.3 Å². The Bertz CT molecular complexity index is 1090. The maximum absolute atomic E-state index is 14.7. The number of benzene rings is 1. The SMILES string of the molecule is CC(C)c1c(F)cnn1C1(C(=O)Nc2ccc(Cl)cc2OC(F)F)CCN(C[C@H](CO)C(=O)O)CC1. The number of likely N-dealkylation sites (tertiary alicyclic amines) is 1. The zero-order chi connectivity index (χ0) is 26.6. The molecule has 1 aliphatic rings. The Hall–Kier alpha value is -2.83. The smallest absolute Gasteiger partial charge is 0.387 e. The van der Waals surface area contributed by atoms with Gasteiger partial charge in [0.1, 0.15) is 5.54 Å². The van der Waals surface area contributed by atoms with Crippen LogP contribution in [0, 0.1) is 11.7 Å². The summed E-state index contributed by atoms with van der Waals surface area (Å²) in [5.74, 6) is -4.00. The molecule has 3 N–H and O–H groups in total. The summed E-state index contributed by atoms with van der Waals surface area (Å²) in [6.07, 6.45) is 1.27. The van der Waals surface area contributed by atoms with Crippen LogP contribution >= 0.6 is 11.6 Å². The fourth-order valence-electron chi connectivity index (χ4n) is 4.40. The first-order valence-corrected chi connectivity index (χ1v) is 11.7. The Morgan fingerprint density at radius 2 is 1.94 bits per heavy atom. The van der Waals surface area contributed by atoms with Gasteiger partial charge in [-0.2, -0.15) is 13.9 Å². The molecule has 1 atom stereocenters. The van der Waals surface area contributed by atoms with Crippen LogP contribution in [0.15, 0.2) is 24.4 Å². The summed E-state index contributed by atoms with van der Waals surface area (Å²) in [5, 5.41) is 25.5. The first-order valence-electron chi connectivity index (χ1n) is 11.3. The van der Waals surface area contributed by atoms with E-state index >= 15 is 0 Å². The fraction of sp³-hybridized carbons (Fsp3) is 0.522. The highest BCUT2D eigenvalue weighted by Crippen LogP contribution is 2.37. The number of aliphatic carboxylic acids is 1. The number of aliphatic hydroxyl groups is 1. The predicted octanol–water partition coefficient (Wildman–Crippen LogP) is 3.52. The maximum Gasteiger partial charge on any atom is 0.387 e. The number of carboxylic acids is 1. The van der Waals surface area contributed by atoms with Gasteiger partial charge in [0.15, 0.2) is 11.6 Å². The second-order valence-electron chi connectivity index (χ2n) is 8.97. The van der Waals surface area contributed by atoms with Crippen LogP contribution < -0.4 is 10.1 Å². The van der Waals surface area contributed by atoms with E-state index in [0.29, 0.717) is 0 Å². The van der Waals surface area contributed by atoms with E-state index in [0.717, 1.165) is 12.3 Å². The van der Waals surface area contributed by atoms with Crippen molar-refractivity contribution in [1.29, 1.82) is 0 Å². The number of carbonyl (C=O) groups is 2. The third kappa shape index (κ3) is 5.93. The standard InChI is InChI=1S/C23H28ClF3N4O5/c1-13(2)19-16(25)10-28-31(19)23(5-7-30(8-6-23)11-14(12-32)20(33)34)21(35)29-17-4-3-15(24)9-18(17)36-22(26)27/h3-4,9-10,13-14,22,32H,5-8,11-12H2,1-2H3,(H,29,35)(H,33,34)/t14-/m1/s1. The summed E-state index contributed by atoms with van der Waals surface area (Å²) >= 11 is 5.90. The van der Waals surface area contributed by atoms with Gasteiger partial charge in [0.25, 0.3) is 5.91 Å². The molecule has 198 valence electrons. The normalized spacial score (nSPS) is 16.8.